The second kappa shape index (κ2) is 10.1. The van der Waals surface area contributed by atoms with E-state index >= 15 is 0 Å². The van der Waals surface area contributed by atoms with Crippen molar-refractivity contribution >= 4 is 23.3 Å². The number of aromatic nitrogens is 3. The van der Waals surface area contributed by atoms with Gasteiger partial charge in [0.1, 0.15) is 30.6 Å². The molecule has 1 aliphatic rings. The standard InChI is InChI=1S/C19H17N5O3.C4H8O2/c20-10-19(11-26-18(25)13-4-2-1-3-5-13)9-8-16(27-19)14-6-7-15-17(21)22-12-23-24(14)15;1-3(2)4(5)6/h1-7,12,16H,8-9,11H2,(H2,21,22,23);3H,1-2H3,(H,5,6)/t16-,19-;/m1./s1. The number of ether oxygens (including phenoxy) is 2. The third-order valence-electron chi connectivity index (χ3n) is 5.16. The van der Waals surface area contributed by atoms with Crippen molar-refractivity contribution in [3.63, 3.8) is 0 Å². The van der Waals surface area contributed by atoms with Crippen LogP contribution in [0.5, 0.6) is 0 Å². The maximum Gasteiger partial charge on any atom is 0.338 e. The molecule has 1 aromatic carbocycles. The molecule has 4 rings (SSSR count). The van der Waals surface area contributed by atoms with Gasteiger partial charge in [0, 0.05) is 0 Å². The van der Waals surface area contributed by atoms with Gasteiger partial charge >= 0.3 is 11.9 Å². The number of nitrogen functional groups attached to an aromatic ring is 1. The zero-order valence-corrected chi connectivity index (χ0v) is 18.3. The molecule has 3 N–H and O–H groups in total. The predicted octanol–water partition coefficient (Wildman–Crippen LogP) is 3.01. The van der Waals surface area contributed by atoms with E-state index in [9.17, 15) is 14.9 Å². The zero-order chi connectivity index (χ0) is 24.0. The lowest BCUT2D eigenvalue weighted by Crippen LogP contribution is -2.33. The summed E-state index contributed by atoms with van der Waals surface area (Å²) in [5.74, 6) is -1.08. The Hall–Kier alpha value is -3.97. The lowest BCUT2D eigenvalue weighted by Gasteiger charge is -2.21. The van der Waals surface area contributed by atoms with E-state index in [1.165, 1.54) is 6.33 Å². The molecule has 33 heavy (non-hydrogen) atoms. The summed E-state index contributed by atoms with van der Waals surface area (Å²) in [4.78, 5) is 25.8. The van der Waals surface area contributed by atoms with Gasteiger partial charge in [-0.05, 0) is 37.1 Å². The van der Waals surface area contributed by atoms with Gasteiger partial charge in [0.05, 0.1) is 17.2 Å². The number of benzene rings is 1. The summed E-state index contributed by atoms with van der Waals surface area (Å²) in [7, 11) is 0. The highest BCUT2D eigenvalue weighted by molar-refractivity contribution is 5.89. The number of hydrogen-bond acceptors (Lipinski definition) is 8. The highest BCUT2D eigenvalue weighted by Gasteiger charge is 2.43. The number of carbonyl (C=O) groups is 2. The fraction of sp³-hybridized carbons (Fsp3) is 0.348. The summed E-state index contributed by atoms with van der Waals surface area (Å²) in [5.41, 5.74) is 6.58. The molecule has 10 nitrogen and oxygen atoms in total. The van der Waals surface area contributed by atoms with Crippen molar-refractivity contribution in [3.8, 4) is 6.07 Å². The highest BCUT2D eigenvalue weighted by atomic mass is 16.6. The number of fused-ring (bicyclic) bond motifs is 1. The maximum absolute atomic E-state index is 12.2. The first kappa shape index (κ1) is 23.7. The van der Waals surface area contributed by atoms with Crippen molar-refractivity contribution < 1.29 is 24.2 Å². The van der Waals surface area contributed by atoms with Crippen LogP contribution in [0.4, 0.5) is 5.82 Å². The van der Waals surface area contributed by atoms with Gasteiger partial charge in [-0.25, -0.2) is 14.3 Å². The third-order valence-corrected chi connectivity index (χ3v) is 5.16. The smallest absolute Gasteiger partial charge is 0.338 e. The van der Waals surface area contributed by atoms with Crippen molar-refractivity contribution in [2.75, 3.05) is 12.3 Å². The Morgan fingerprint density at radius 3 is 2.67 bits per heavy atom. The van der Waals surface area contributed by atoms with E-state index in [2.05, 4.69) is 16.2 Å². The van der Waals surface area contributed by atoms with E-state index in [1.807, 2.05) is 18.2 Å². The van der Waals surface area contributed by atoms with E-state index in [-0.39, 0.29) is 18.6 Å². The maximum atomic E-state index is 12.2. The van der Waals surface area contributed by atoms with Gasteiger partial charge < -0.3 is 20.3 Å². The van der Waals surface area contributed by atoms with E-state index in [1.54, 1.807) is 42.6 Å². The number of rotatable bonds is 5. The van der Waals surface area contributed by atoms with E-state index in [0.717, 1.165) is 5.69 Å². The van der Waals surface area contributed by atoms with Crippen molar-refractivity contribution in [3.05, 3.63) is 60.0 Å². The molecule has 0 radical (unpaired) electrons. The Morgan fingerprint density at radius 1 is 1.33 bits per heavy atom. The van der Waals surface area contributed by atoms with Gasteiger partial charge in [-0.3, -0.25) is 4.79 Å². The summed E-state index contributed by atoms with van der Waals surface area (Å²) in [6.45, 7) is 3.15. The minimum absolute atomic E-state index is 0.131. The molecule has 0 spiro atoms. The number of carboxylic acids is 1. The molecule has 0 saturated carbocycles. The molecule has 172 valence electrons. The van der Waals surface area contributed by atoms with Crippen LogP contribution in [-0.2, 0) is 14.3 Å². The molecule has 2 atom stereocenters. The summed E-state index contributed by atoms with van der Waals surface area (Å²) in [6, 6.07) is 14.5. The van der Waals surface area contributed by atoms with Crippen LogP contribution >= 0.6 is 0 Å². The van der Waals surface area contributed by atoms with Crippen LogP contribution in [0.2, 0.25) is 0 Å². The van der Waals surface area contributed by atoms with Crippen molar-refractivity contribution in [2.24, 2.45) is 5.92 Å². The van der Waals surface area contributed by atoms with Crippen molar-refractivity contribution in [1.82, 2.24) is 14.6 Å². The summed E-state index contributed by atoms with van der Waals surface area (Å²) in [6.07, 6.45) is 2.08. The molecule has 3 aromatic rings. The Labute approximate surface area is 190 Å². The fourth-order valence-corrected chi connectivity index (χ4v) is 3.24. The lowest BCUT2D eigenvalue weighted by atomic mass is 10.0. The van der Waals surface area contributed by atoms with Gasteiger partial charge in [-0.2, -0.15) is 10.4 Å². The van der Waals surface area contributed by atoms with Crippen molar-refractivity contribution in [2.45, 2.75) is 38.4 Å². The second-order valence-electron chi connectivity index (χ2n) is 7.89. The van der Waals surface area contributed by atoms with Gasteiger partial charge in [-0.15, -0.1) is 0 Å². The first-order chi connectivity index (χ1) is 15.8. The van der Waals surface area contributed by atoms with Crippen LogP contribution in [0.15, 0.2) is 48.8 Å². The number of nitrogens with zero attached hydrogens (tertiary/aromatic N) is 4. The van der Waals surface area contributed by atoms with E-state index in [4.69, 9.17) is 20.3 Å². The molecule has 10 heteroatoms. The minimum atomic E-state index is -1.18. The third kappa shape index (κ3) is 5.45. The first-order valence-electron chi connectivity index (χ1n) is 10.4. The van der Waals surface area contributed by atoms with E-state index in [0.29, 0.717) is 29.7 Å². The molecule has 0 bridgehead atoms. The average molecular weight is 451 g/mol. The second-order valence-corrected chi connectivity index (χ2v) is 7.89. The molecule has 2 aromatic heterocycles. The Morgan fingerprint density at radius 2 is 2.03 bits per heavy atom. The fourth-order valence-electron chi connectivity index (χ4n) is 3.24. The molecule has 0 aliphatic carbocycles. The average Bonchev–Trinajstić information content (AvgIpc) is 3.44. The van der Waals surface area contributed by atoms with E-state index < -0.39 is 17.5 Å². The number of esters is 1. The molecule has 0 unspecified atom stereocenters. The monoisotopic (exact) mass is 451 g/mol. The molecular formula is C23H25N5O5. The molecule has 1 aliphatic heterocycles. The van der Waals surface area contributed by atoms with Crippen LogP contribution in [0.1, 0.15) is 48.8 Å². The Bertz CT molecular complexity index is 1170. The largest absolute Gasteiger partial charge is 0.481 e. The normalized spacial score (nSPS) is 19.5. The Kier molecular flexibility index (Phi) is 7.25. The number of nitriles is 1. The molecule has 1 saturated heterocycles. The number of aliphatic carboxylic acids is 1. The quantitative estimate of drug-likeness (QED) is 0.557. The van der Waals surface area contributed by atoms with Crippen LogP contribution in [0.3, 0.4) is 0 Å². The van der Waals surface area contributed by atoms with Gasteiger partial charge in [0.2, 0.25) is 0 Å². The first-order valence-corrected chi connectivity index (χ1v) is 10.4. The number of nitrogens with two attached hydrogens (primary N) is 1. The molecule has 1 fully saturated rings. The van der Waals surface area contributed by atoms with Crippen LogP contribution in [0.25, 0.3) is 5.52 Å². The number of anilines is 1. The molecule has 3 heterocycles. The lowest BCUT2D eigenvalue weighted by molar-refractivity contribution is -0.140. The number of carboxylic acid groups (broad SMARTS) is 1. The summed E-state index contributed by atoms with van der Waals surface area (Å²) >= 11 is 0. The SMILES string of the molecule is CC(C)C(=O)O.N#C[C@@]1(COC(=O)c2ccccc2)CC[C@H](c2ccc3c(N)ncnn23)O1. The Balaban J connectivity index is 0.000000454. The number of hydrogen-bond donors (Lipinski definition) is 2. The highest BCUT2D eigenvalue weighted by Crippen LogP contribution is 2.40. The summed E-state index contributed by atoms with van der Waals surface area (Å²) in [5, 5.41) is 21.9. The van der Waals surface area contributed by atoms with Gasteiger partial charge in [0.25, 0.3) is 0 Å². The topological polar surface area (TPSA) is 153 Å². The summed E-state index contributed by atoms with van der Waals surface area (Å²) < 4.78 is 13.0. The van der Waals surface area contributed by atoms with Crippen LogP contribution in [-0.4, -0.2) is 43.9 Å². The predicted molar refractivity (Wildman–Crippen MR) is 118 cm³/mol. The van der Waals surface area contributed by atoms with Gasteiger partial charge in [0.15, 0.2) is 11.4 Å². The molecule has 0 amide bonds. The zero-order valence-electron chi connectivity index (χ0n) is 18.3. The van der Waals surface area contributed by atoms with Gasteiger partial charge in [-0.1, -0.05) is 32.0 Å². The molecular weight excluding hydrogens is 426 g/mol. The minimum Gasteiger partial charge on any atom is -0.481 e. The number of carbonyl (C=O) groups excluding carboxylic acids is 1. The van der Waals surface area contributed by atoms with Crippen molar-refractivity contribution in [1.29, 1.82) is 5.26 Å². The van der Waals surface area contributed by atoms with Crippen LogP contribution < -0.4 is 5.73 Å². The van der Waals surface area contributed by atoms with Crippen LogP contribution in [0, 0.1) is 17.2 Å².